The van der Waals surface area contributed by atoms with Crippen molar-refractivity contribution in [2.75, 3.05) is 27.4 Å². The zero-order valence-electron chi connectivity index (χ0n) is 24.4. The van der Waals surface area contributed by atoms with Gasteiger partial charge in [0, 0.05) is 66.9 Å². The molecule has 0 fully saturated rings. The number of amides is 1. The van der Waals surface area contributed by atoms with Gasteiger partial charge in [-0.3, -0.25) is 9.59 Å². The minimum atomic E-state index is -1.26. The number of hydrogen-bond acceptors (Lipinski definition) is 11. The van der Waals surface area contributed by atoms with Gasteiger partial charge < -0.3 is 43.6 Å². The molecule has 12 heteroatoms. The maximum atomic E-state index is 12.6. The monoisotopic (exact) mass is 611 g/mol. The number of methoxy groups -OCH3 is 2. The number of carboxylic acid groups (broad SMARTS) is 2. The Kier molecular flexibility index (Phi) is 10.1. The van der Waals surface area contributed by atoms with E-state index in [1.54, 1.807) is 23.1 Å². The van der Waals surface area contributed by atoms with E-state index in [1.807, 2.05) is 12.1 Å². The minimum absolute atomic E-state index is 0.121. The zero-order valence-corrected chi connectivity index (χ0v) is 25.2. The van der Waals surface area contributed by atoms with E-state index in [1.165, 1.54) is 39.4 Å². The standard InChI is InChI=1S/C31H35NO10S/c1-17(30(35)36)8-22(33)28-13-19-10-25(24(40-4)14-27(19)43-28)41-6-5-7-42-26-12-21-16-32(15-20(21)11-23(26)39-3)29(34)9-18(2)31(37)38/h10-14,17-18H,5-9,15-16H2,1-4H3,(H,35,36)(H,37,38)/p-2/t17-,18-/m0/s1. The smallest absolute Gasteiger partial charge is 0.223 e. The number of nitrogens with zero attached hydrogens (tertiary/aromatic N) is 1. The van der Waals surface area contributed by atoms with Gasteiger partial charge in [0.2, 0.25) is 5.91 Å². The second-order valence-electron chi connectivity index (χ2n) is 10.5. The van der Waals surface area contributed by atoms with Crippen molar-refractivity contribution in [1.29, 1.82) is 0 Å². The normalized spacial score (nSPS) is 13.7. The highest BCUT2D eigenvalue weighted by molar-refractivity contribution is 7.20. The summed E-state index contributed by atoms with van der Waals surface area (Å²) in [6.45, 7) is 4.25. The summed E-state index contributed by atoms with van der Waals surface area (Å²) in [6.07, 6.45) is 0.275. The molecule has 2 aromatic carbocycles. The van der Waals surface area contributed by atoms with Crippen LogP contribution in [0.15, 0.2) is 30.3 Å². The van der Waals surface area contributed by atoms with E-state index in [4.69, 9.17) is 18.9 Å². The molecule has 0 unspecified atom stereocenters. The van der Waals surface area contributed by atoms with Crippen molar-refractivity contribution in [3.8, 4) is 23.0 Å². The van der Waals surface area contributed by atoms with E-state index < -0.39 is 23.8 Å². The molecule has 2 atom stereocenters. The number of rotatable bonds is 15. The number of ketones is 1. The molecule has 0 spiro atoms. The van der Waals surface area contributed by atoms with Gasteiger partial charge in [0.1, 0.15) is 0 Å². The van der Waals surface area contributed by atoms with Gasteiger partial charge in [0.05, 0.1) is 32.3 Å². The molecular weight excluding hydrogens is 578 g/mol. The van der Waals surface area contributed by atoms with Crippen LogP contribution in [0.5, 0.6) is 23.0 Å². The van der Waals surface area contributed by atoms with Gasteiger partial charge in [-0.05, 0) is 40.8 Å². The molecule has 1 aliphatic rings. The molecule has 0 saturated heterocycles. The number of Topliss-reactive ketones (excluding diaryl/α,β-unsaturated/α-hetero) is 1. The number of carboxylic acids is 2. The number of benzene rings is 2. The van der Waals surface area contributed by atoms with Crippen molar-refractivity contribution in [2.24, 2.45) is 11.8 Å². The Morgan fingerprint density at radius 1 is 0.791 bits per heavy atom. The number of fused-ring (bicyclic) bond motifs is 2. The number of carbonyl (C=O) groups excluding carboxylic acids is 4. The highest BCUT2D eigenvalue weighted by Gasteiger charge is 2.26. The van der Waals surface area contributed by atoms with Gasteiger partial charge >= 0.3 is 0 Å². The second kappa shape index (κ2) is 13.8. The lowest BCUT2D eigenvalue weighted by Gasteiger charge is -2.18. The van der Waals surface area contributed by atoms with E-state index >= 15 is 0 Å². The molecule has 2 heterocycles. The third-order valence-corrected chi connectivity index (χ3v) is 8.36. The Morgan fingerprint density at radius 2 is 1.33 bits per heavy atom. The Hall–Kier alpha value is -4.32. The van der Waals surface area contributed by atoms with Crippen LogP contribution < -0.4 is 29.2 Å². The van der Waals surface area contributed by atoms with Crippen LogP contribution in [0.4, 0.5) is 0 Å². The lowest BCUT2D eigenvalue weighted by molar-refractivity contribution is -0.312. The Morgan fingerprint density at radius 3 is 1.91 bits per heavy atom. The van der Waals surface area contributed by atoms with Gasteiger partial charge in [0.15, 0.2) is 28.8 Å². The summed E-state index contributed by atoms with van der Waals surface area (Å²) < 4.78 is 23.7. The number of aliphatic carboxylic acids is 2. The molecule has 0 radical (unpaired) electrons. The average molecular weight is 612 g/mol. The average Bonchev–Trinajstić information content (AvgIpc) is 3.59. The predicted octanol–water partition coefficient (Wildman–Crippen LogP) is 2.34. The first-order chi connectivity index (χ1) is 20.5. The molecule has 1 aromatic heterocycles. The lowest BCUT2D eigenvalue weighted by atomic mass is 10.0. The van der Waals surface area contributed by atoms with Gasteiger partial charge in [-0.15, -0.1) is 11.3 Å². The fraction of sp³-hybridized carbons (Fsp3) is 0.419. The molecule has 11 nitrogen and oxygen atoms in total. The van der Waals surface area contributed by atoms with Crippen LogP contribution in [0, 0.1) is 11.8 Å². The van der Waals surface area contributed by atoms with Crippen molar-refractivity contribution >= 4 is 45.1 Å². The number of thiophene rings is 1. The maximum Gasteiger partial charge on any atom is 0.223 e. The zero-order chi connectivity index (χ0) is 31.3. The van der Waals surface area contributed by atoms with E-state index in [2.05, 4.69) is 0 Å². The van der Waals surface area contributed by atoms with Crippen molar-refractivity contribution in [3.05, 3.63) is 46.3 Å². The summed E-state index contributed by atoms with van der Waals surface area (Å²) in [5.74, 6) is -2.69. The second-order valence-corrected chi connectivity index (χ2v) is 11.6. The highest BCUT2D eigenvalue weighted by atomic mass is 32.1. The summed E-state index contributed by atoms with van der Waals surface area (Å²) in [4.78, 5) is 49.2. The van der Waals surface area contributed by atoms with Crippen molar-refractivity contribution < 1.29 is 48.3 Å². The quantitative estimate of drug-likeness (QED) is 0.185. The first-order valence-electron chi connectivity index (χ1n) is 13.8. The molecule has 3 aromatic rings. The Bertz CT molecular complexity index is 1530. The number of ether oxygens (including phenoxy) is 4. The summed E-state index contributed by atoms with van der Waals surface area (Å²) >= 11 is 1.27. The number of hydrogen-bond donors (Lipinski definition) is 0. The Labute approximate surface area is 252 Å². The summed E-state index contributed by atoms with van der Waals surface area (Å²) in [7, 11) is 3.06. The van der Waals surface area contributed by atoms with E-state index in [9.17, 15) is 29.4 Å². The van der Waals surface area contributed by atoms with Crippen molar-refractivity contribution in [2.45, 2.75) is 46.2 Å². The topological polar surface area (TPSA) is 155 Å². The first kappa shape index (κ1) is 31.6. The van der Waals surface area contributed by atoms with Crippen LogP contribution in [0.3, 0.4) is 0 Å². The highest BCUT2D eigenvalue weighted by Crippen LogP contribution is 2.38. The van der Waals surface area contributed by atoms with Crippen molar-refractivity contribution in [1.82, 2.24) is 4.90 Å². The van der Waals surface area contributed by atoms with Crippen LogP contribution in [0.2, 0.25) is 0 Å². The fourth-order valence-corrected chi connectivity index (χ4v) is 5.69. The van der Waals surface area contributed by atoms with Gasteiger partial charge in [0.25, 0.3) is 0 Å². The molecule has 0 bridgehead atoms. The third-order valence-electron chi connectivity index (χ3n) is 7.22. The SMILES string of the molecule is COc1cc2c(cc1OCCCOc1cc3cc(C(=O)C[C@H](C)C(=O)[O-])sc3cc1OC)CN(C(=O)C[C@H](C)C(=O)[O-])C2. The van der Waals surface area contributed by atoms with Gasteiger partial charge in [-0.2, -0.15) is 0 Å². The lowest BCUT2D eigenvalue weighted by Crippen LogP contribution is -2.34. The van der Waals surface area contributed by atoms with Gasteiger partial charge in [-0.1, -0.05) is 13.8 Å². The summed E-state index contributed by atoms with van der Waals surface area (Å²) in [5.41, 5.74) is 1.82. The largest absolute Gasteiger partial charge is 0.550 e. The first-order valence-corrected chi connectivity index (χ1v) is 14.6. The van der Waals surface area contributed by atoms with Crippen LogP contribution >= 0.6 is 11.3 Å². The third kappa shape index (κ3) is 7.56. The maximum absolute atomic E-state index is 12.6. The molecule has 43 heavy (non-hydrogen) atoms. The fourth-order valence-electron chi connectivity index (χ4n) is 4.67. The number of carbonyl (C=O) groups is 4. The predicted molar refractivity (Wildman–Crippen MR) is 153 cm³/mol. The molecule has 4 rings (SSSR count). The van der Waals surface area contributed by atoms with Crippen LogP contribution in [0.25, 0.3) is 10.1 Å². The summed E-state index contributed by atoms with van der Waals surface area (Å²) in [5, 5.41) is 22.8. The molecular formula is C31H33NO10S-2. The Balaban J connectivity index is 1.34. The summed E-state index contributed by atoms with van der Waals surface area (Å²) in [6, 6.07) is 8.96. The minimum Gasteiger partial charge on any atom is -0.550 e. The van der Waals surface area contributed by atoms with Crippen LogP contribution in [0.1, 0.15) is 53.9 Å². The molecule has 0 N–H and O–H groups in total. The molecule has 230 valence electrons. The van der Waals surface area contributed by atoms with Crippen LogP contribution in [-0.4, -0.2) is 56.0 Å². The van der Waals surface area contributed by atoms with Gasteiger partial charge in [-0.25, -0.2) is 0 Å². The molecule has 1 aliphatic heterocycles. The molecule has 1 amide bonds. The van der Waals surface area contributed by atoms with E-state index in [-0.39, 0.29) is 24.5 Å². The van der Waals surface area contributed by atoms with E-state index in [0.29, 0.717) is 60.6 Å². The van der Waals surface area contributed by atoms with E-state index in [0.717, 1.165) is 21.2 Å². The van der Waals surface area contributed by atoms with Crippen LogP contribution in [-0.2, 0) is 27.5 Å². The molecule has 0 saturated carbocycles. The van der Waals surface area contributed by atoms with Crippen molar-refractivity contribution in [3.63, 3.8) is 0 Å². The molecule has 0 aliphatic carbocycles.